The molecule has 134 valence electrons. The lowest BCUT2D eigenvalue weighted by Crippen LogP contribution is -2.40. The molecule has 0 aliphatic carbocycles. The van der Waals surface area contributed by atoms with Crippen molar-refractivity contribution >= 4 is 29.9 Å². The molecule has 1 aromatic rings. The van der Waals surface area contributed by atoms with Crippen LogP contribution in [-0.4, -0.2) is 63.4 Å². The van der Waals surface area contributed by atoms with Crippen LogP contribution in [0.1, 0.15) is 12.0 Å². The Labute approximate surface area is 161 Å². The molecule has 3 rings (SSSR count). The summed E-state index contributed by atoms with van der Waals surface area (Å²) in [5.74, 6) is 1.84. The van der Waals surface area contributed by atoms with Gasteiger partial charge in [0.2, 0.25) is 0 Å². The standard InChI is InChI=1S/C17H26N4O2.HI/c1-2-5-16(23-13-10-21-8-11-22-12-9-21)15(4-1)14-20-17-18-6-3-7-19-17;/h1-2,4-5H,3,6-14H2,(H2,18,19,20);1H. The Morgan fingerprint density at radius 2 is 2.08 bits per heavy atom. The molecule has 2 N–H and O–H groups in total. The Hall–Kier alpha value is -1.06. The van der Waals surface area contributed by atoms with E-state index in [2.05, 4.69) is 26.6 Å². The second-order valence-corrected chi connectivity index (χ2v) is 5.77. The lowest BCUT2D eigenvalue weighted by molar-refractivity contribution is 0.0322. The fourth-order valence-corrected chi connectivity index (χ4v) is 2.73. The molecule has 2 aliphatic heterocycles. The van der Waals surface area contributed by atoms with Crippen LogP contribution in [0.4, 0.5) is 0 Å². The van der Waals surface area contributed by atoms with Gasteiger partial charge >= 0.3 is 0 Å². The summed E-state index contributed by atoms with van der Waals surface area (Å²) >= 11 is 0. The van der Waals surface area contributed by atoms with Gasteiger partial charge in [0.15, 0.2) is 5.96 Å². The monoisotopic (exact) mass is 446 g/mol. The van der Waals surface area contributed by atoms with Gasteiger partial charge in [0.05, 0.1) is 13.2 Å². The highest BCUT2D eigenvalue weighted by Gasteiger charge is 2.11. The van der Waals surface area contributed by atoms with E-state index in [1.807, 2.05) is 18.2 Å². The summed E-state index contributed by atoms with van der Waals surface area (Å²) in [7, 11) is 0. The number of halogens is 1. The van der Waals surface area contributed by atoms with E-state index < -0.39 is 0 Å². The Morgan fingerprint density at radius 1 is 1.25 bits per heavy atom. The van der Waals surface area contributed by atoms with E-state index in [1.54, 1.807) is 0 Å². The summed E-state index contributed by atoms with van der Waals surface area (Å²) in [6.07, 6.45) is 1.10. The number of hydrogen-bond acceptors (Lipinski definition) is 6. The largest absolute Gasteiger partial charge is 0.492 e. The van der Waals surface area contributed by atoms with Crippen molar-refractivity contribution in [2.75, 3.05) is 52.5 Å². The summed E-state index contributed by atoms with van der Waals surface area (Å²) in [5.41, 5.74) is 1.16. The molecule has 0 atom stereocenters. The highest BCUT2D eigenvalue weighted by Crippen LogP contribution is 2.17. The first-order chi connectivity index (χ1) is 11.4. The molecule has 0 spiro atoms. The second kappa shape index (κ2) is 10.7. The third-order valence-corrected chi connectivity index (χ3v) is 4.08. The lowest BCUT2D eigenvalue weighted by Gasteiger charge is -2.26. The quantitative estimate of drug-likeness (QED) is 0.649. The zero-order chi connectivity index (χ0) is 15.7. The minimum Gasteiger partial charge on any atom is -0.492 e. The summed E-state index contributed by atoms with van der Waals surface area (Å²) in [4.78, 5) is 6.81. The fourth-order valence-electron chi connectivity index (χ4n) is 2.73. The molecule has 0 radical (unpaired) electrons. The van der Waals surface area contributed by atoms with E-state index in [0.717, 1.165) is 76.2 Å². The van der Waals surface area contributed by atoms with E-state index in [9.17, 15) is 0 Å². The number of ether oxygens (including phenoxy) is 2. The Bertz CT molecular complexity index is 521. The zero-order valence-corrected chi connectivity index (χ0v) is 16.3. The average molecular weight is 446 g/mol. The van der Waals surface area contributed by atoms with Gasteiger partial charge in [0, 0.05) is 44.8 Å². The van der Waals surface area contributed by atoms with Crippen LogP contribution in [0.5, 0.6) is 5.75 Å². The molecular formula is C17H27IN4O2. The molecule has 0 saturated carbocycles. The van der Waals surface area contributed by atoms with Gasteiger partial charge in [-0.2, -0.15) is 0 Å². The molecule has 7 heteroatoms. The van der Waals surface area contributed by atoms with E-state index in [1.165, 1.54) is 0 Å². The summed E-state index contributed by atoms with van der Waals surface area (Å²) in [5, 5.41) is 6.62. The summed E-state index contributed by atoms with van der Waals surface area (Å²) < 4.78 is 11.4. The van der Waals surface area contributed by atoms with Crippen molar-refractivity contribution in [2.45, 2.75) is 13.0 Å². The SMILES string of the molecule is I.c1ccc(OCCN2CCOCC2)c(CNC2=NCCCN2)c1. The molecule has 0 aromatic heterocycles. The molecule has 2 heterocycles. The molecule has 2 aliphatic rings. The van der Waals surface area contributed by atoms with Gasteiger partial charge in [-0.15, -0.1) is 24.0 Å². The third kappa shape index (κ3) is 6.10. The normalized spacial score (nSPS) is 18.1. The predicted octanol–water partition coefficient (Wildman–Crippen LogP) is 1.45. The molecule has 1 fully saturated rings. The number of aliphatic imine (C=N–C) groups is 1. The van der Waals surface area contributed by atoms with Crippen molar-refractivity contribution in [2.24, 2.45) is 4.99 Å². The van der Waals surface area contributed by atoms with Gasteiger partial charge in [-0.25, -0.2) is 0 Å². The molecular weight excluding hydrogens is 419 g/mol. The Morgan fingerprint density at radius 3 is 2.88 bits per heavy atom. The highest BCUT2D eigenvalue weighted by molar-refractivity contribution is 14.0. The number of para-hydroxylation sites is 1. The van der Waals surface area contributed by atoms with Crippen LogP contribution >= 0.6 is 24.0 Å². The van der Waals surface area contributed by atoms with Crippen LogP contribution in [0.2, 0.25) is 0 Å². The van der Waals surface area contributed by atoms with Crippen molar-refractivity contribution in [1.29, 1.82) is 0 Å². The number of guanidine groups is 1. The van der Waals surface area contributed by atoms with Gasteiger partial charge < -0.3 is 20.1 Å². The van der Waals surface area contributed by atoms with Crippen molar-refractivity contribution < 1.29 is 9.47 Å². The Balaban J connectivity index is 0.00000208. The Kier molecular flexibility index (Phi) is 8.62. The van der Waals surface area contributed by atoms with E-state index in [4.69, 9.17) is 9.47 Å². The maximum absolute atomic E-state index is 6.00. The summed E-state index contributed by atoms with van der Waals surface area (Å²) in [6.45, 7) is 7.91. The van der Waals surface area contributed by atoms with Crippen LogP contribution < -0.4 is 15.4 Å². The topological polar surface area (TPSA) is 58.1 Å². The molecule has 0 bridgehead atoms. The first-order valence-corrected chi connectivity index (χ1v) is 8.45. The summed E-state index contributed by atoms with van der Waals surface area (Å²) in [6, 6.07) is 8.19. The van der Waals surface area contributed by atoms with Crippen LogP contribution in [0.3, 0.4) is 0 Å². The van der Waals surface area contributed by atoms with Gasteiger partial charge in [-0.1, -0.05) is 18.2 Å². The number of nitrogens with zero attached hydrogens (tertiary/aromatic N) is 2. The van der Waals surface area contributed by atoms with Gasteiger partial charge in [0.25, 0.3) is 0 Å². The molecule has 0 unspecified atom stereocenters. The maximum Gasteiger partial charge on any atom is 0.191 e. The first kappa shape index (κ1) is 19.3. The number of morpholine rings is 1. The highest BCUT2D eigenvalue weighted by atomic mass is 127. The minimum absolute atomic E-state index is 0. The predicted molar refractivity (Wildman–Crippen MR) is 106 cm³/mol. The third-order valence-electron chi connectivity index (χ3n) is 4.08. The zero-order valence-electron chi connectivity index (χ0n) is 14.0. The van der Waals surface area contributed by atoms with E-state index in [-0.39, 0.29) is 24.0 Å². The van der Waals surface area contributed by atoms with Crippen molar-refractivity contribution in [1.82, 2.24) is 15.5 Å². The number of hydrogen-bond donors (Lipinski definition) is 2. The van der Waals surface area contributed by atoms with Crippen LogP contribution in [0, 0.1) is 0 Å². The fraction of sp³-hybridized carbons (Fsp3) is 0.588. The van der Waals surface area contributed by atoms with Gasteiger partial charge in [-0.05, 0) is 12.5 Å². The average Bonchev–Trinajstić information content (AvgIpc) is 2.63. The number of rotatable bonds is 6. The smallest absolute Gasteiger partial charge is 0.191 e. The number of benzene rings is 1. The first-order valence-electron chi connectivity index (χ1n) is 8.45. The van der Waals surface area contributed by atoms with Crippen molar-refractivity contribution in [3.8, 4) is 5.75 Å². The molecule has 6 nitrogen and oxygen atoms in total. The van der Waals surface area contributed by atoms with Crippen LogP contribution in [0.15, 0.2) is 29.3 Å². The maximum atomic E-state index is 6.00. The second-order valence-electron chi connectivity index (χ2n) is 5.77. The molecule has 24 heavy (non-hydrogen) atoms. The number of nitrogens with one attached hydrogen (secondary N) is 2. The van der Waals surface area contributed by atoms with Crippen LogP contribution in [0.25, 0.3) is 0 Å². The minimum atomic E-state index is 0. The van der Waals surface area contributed by atoms with E-state index in [0.29, 0.717) is 6.61 Å². The lowest BCUT2D eigenvalue weighted by atomic mass is 10.2. The van der Waals surface area contributed by atoms with Crippen molar-refractivity contribution in [3.05, 3.63) is 29.8 Å². The van der Waals surface area contributed by atoms with Crippen LogP contribution in [-0.2, 0) is 11.3 Å². The van der Waals surface area contributed by atoms with Gasteiger partial charge in [-0.3, -0.25) is 9.89 Å². The molecule has 1 aromatic carbocycles. The van der Waals surface area contributed by atoms with Gasteiger partial charge in [0.1, 0.15) is 12.4 Å². The molecule has 0 amide bonds. The van der Waals surface area contributed by atoms with Crippen molar-refractivity contribution in [3.63, 3.8) is 0 Å². The molecule has 1 saturated heterocycles. The van der Waals surface area contributed by atoms with E-state index >= 15 is 0 Å².